The summed E-state index contributed by atoms with van der Waals surface area (Å²) in [6, 6.07) is 12.5. The van der Waals surface area contributed by atoms with Gasteiger partial charge in [-0.05, 0) is 24.3 Å². The Bertz CT molecular complexity index is 841. The zero-order valence-electron chi connectivity index (χ0n) is 11.3. The van der Waals surface area contributed by atoms with Gasteiger partial charge >= 0.3 is 0 Å². The summed E-state index contributed by atoms with van der Waals surface area (Å²) in [6.07, 6.45) is 0. The van der Waals surface area contributed by atoms with Gasteiger partial charge in [-0.1, -0.05) is 29.8 Å². The van der Waals surface area contributed by atoms with Gasteiger partial charge in [-0.2, -0.15) is 5.10 Å². The maximum Gasteiger partial charge on any atom is 0.276 e. The first-order valence-electron chi connectivity index (χ1n) is 6.34. The van der Waals surface area contributed by atoms with Crippen molar-refractivity contribution in [2.75, 3.05) is 11.1 Å². The van der Waals surface area contributed by atoms with Crippen LogP contribution in [0.15, 0.2) is 42.5 Å². The lowest BCUT2D eigenvalue weighted by molar-refractivity contribution is 0.102. The van der Waals surface area contributed by atoms with Crippen LogP contribution in [0.1, 0.15) is 10.5 Å². The van der Waals surface area contributed by atoms with Gasteiger partial charge in [-0.15, -0.1) is 0 Å². The molecule has 0 aliphatic heterocycles. The molecule has 1 aromatic heterocycles. The third-order valence-corrected chi connectivity index (χ3v) is 3.54. The highest BCUT2D eigenvalue weighted by atomic mass is 35.5. The lowest BCUT2D eigenvalue weighted by atomic mass is 10.2. The predicted octanol–water partition coefficient (Wildman–Crippen LogP) is 3.06. The smallest absolute Gasteiger partial charge is 0.276 e. The summed E-state index contributed by atoms with van der Waals surface area (Å²) in [4.78, 5) is 12.4. The van der Waals surface area contributed by atoms with E-state index in [2.05, 4.69) is 10.4 Å². The Hall–Kier alpha value is -2.53. The molecule has 106 valence electrons. The topological polar surface area (TPSA) is 72.9 Å². The van der Waals surface area contributed by atoms with E-state index in [4.69, 9.17) is 17.3 Å². The number of benzene rings is 2. The third-order valence-electron chi connectivity index (χ3n) is 3.21. The number of nitrogen functional groups attached to an aromatic ring is 1. The Morgan fingerprint density at radius 2 is 2.05 bits per heavy atom. The summed E-state index contributed by atoms with van der Waals surface area (Å²) in [5.74, 6) is -0.320. The number of halogens is 1. The Labute approximate surface area is 126 Å². The Morgan fingerprint density at radius 3 is 2.86 bits per heavy atom. The van der Waals surface area contributed by atoms with Crippen molar-refractivity contribution in [3.8, 4) is 0 Å². The van der Waals surface area contributed by atoms with Gasteiger partial charge in [0.15, 0.2) is 5.69 Å². The fourth-order valence-electron chi connectivity index (χ4n) is 2.20. The van der Waals surface area contributed by atoms with Crippen molar-refractivity contribution in [3.05, 3.63) is 53.2 Å². The third kappa shape index (κ3) is 2.43. The van der Waals surface area contributed by atoms with Gasteiger partial charge < -0.3 is 11.1 Å². The van der Waals surface area contributed by atoms with Gasteiger partial charge in [-0.3, -0.25) is 9.48 Å². The van der Waals surface area contributed by atoms with Crippen molar-refractivity contribution in [1.29, 1.82) is 0 Å². The average Bonchev–Trinajstić information content (AvgIpc) is 2.81. The minimum atomic E-state index is -0.320. The fraction of sp³-hybridized carbons (Fsp3) is 0.0667. The van der Waals surface area contributed by atoms with Crippen LogP contribution in [0.4, 0.5) is 11.4 Å². The van der Waals surface area contributed by atoms with E-state index in [1.54, 1.807) is 29.9 Å². The second-order valence-corrected chi connectivity index (χ2v) is 5.09. The highest BCUT2D eigenvalue weighted by molar-refractivity contribution is 6.34. The average molecular weight is 301 g/mol. The molecule has 0 saturated carbocycles. The number of aromatic nitrogens is 2. The number of hydrogen-bond donors (Lipinski definition) is 2. The molecule has 0 fully saturated rings. The molecule has 5 nitrogen and oxygen atoms in total. The highest BCUT2D eigenvalue weighted by Crippen LogP contribution is 2.25. The zero-order chi connectivity index (χ0) is 15.0. The number of amides is 1. The summed E-state index contributed by atoms with van der Waals surface area (Å²) >= 11 is 6.06. The van der Waals surface area contributed by atoms with Crippen molar-refractivity contribution < 1.29 is 4.79 Å². The van der Waals surface area contributed by atoms with E-state index in [1.165, 1.54) is 0 Å². The zero-order valence-corrected chi connectivity index (χ0v) is 12.1. The van der Waals surface area contributed by atoms with E-state index < -0.39 is 0 Å². The molecule has 0 aliphatic rings. The standard InChI is InChI=1S/C15H13ClN4O/c1-20-13-5-3-2-4-10(13)14(19-20)15(21)18-12-8-9(17)6-7-11(12)16/h2-8H,17H2,1H3,(H,18,21). The SMILES string of the molecule is Cn1nc(C(=O)Nc2cc(N)ccc2Cl)c2ccccc21. The molecule has 3 rings (SSSR count). The lowest BCUT2D eigenvalue weighted by Crippen LogP contribution is -2.13. The number of nitrogens with two attached hydrogens (primary N) is 1. The Kier molecular flexibility index (Phi) is 3.27. The number of carbonyl (C=O) groups is 1. The van der Waals surface area contributed by atoms with Crippen molar-refractivity contribution in [2.45, 2.75) is 0 Å². The molecule has 2 aromatic carbocycles. The van der Waals surface area contributed by atoms with Crippen LogP contribution in [0.2, 0.25) is 5.02 Å². The van der Waals surface area contributed by atoms with E-state index >= 15 is 0 Å². The molecule has 0 aliphatic carbocycles. The van der Waals surface area contributed by atoms with Crippen LogP contribution in [0.3, 0.4) is 0 Å². The largest absolute Gasteiger partial charge is 0.399 e. The second kappa shape index (κ2) is 5.10. The van der Waals surface area contributed by atoms with Crippen LogP contribution in [-0.4, -0.2) is 15.7 Å². The monoisotopic (exact) mass is 300 g/mol. The molecule has 1 heterocycles. The summed E-state index contributed by atoms with van der Waals surface area (Å²) in [6.45, 7) is 0. The Balaban J connectivity index is 2.00. The molecule has 0 atom stereocenters. The molecular formula is C15H13ClN4O. The van der Waals surface area contributed by atoms with Crippen molar-refractivity contribution in [3.63, 3.8) is 0 Å². The number of carbonyl (C=O) groups excluding carboxylic acids is 1. The van der Waals surface area contributed by atoms with Crippen LogP contribution in [0.25, 0.3) is 10.9 Å². The number of para-hydroxylation sites is 1. The first-order chi connectivity index (χ1) is 10.1. The van der Waals surface area contributed by atoms with Gasteiger partial charge in [0.2, 0.25) is 0 Å². The molecular weight excluding hydrogens is 288 g/mol. The van der Waals surface area contributed by atoms with Crippen LogP contribution in [0, 0.1) is 0 Å². The normalized spacial score (nSPS) is 10.8. The lowest BCUT2D eigenvalue weighted by Gasteiger charge is -2.06. The van der Waals surface area contributed by atoms with E-state index in [1.807, 2.05) is 24.3 Å². The number of anilines is 2. The summed E-state index contributed by atoms with van der Waals surface area (Å²) in [7, 11) is 1.80. The van der Waals surface area contributed by atoms with Crippen molar-refractivity contribution in [1.82, 2.24) is 9.78 Å². The van der Waals surface area contributed by atoms with Gasteiger partial charge in [0.05, 0.1) is 16.2 Å². The van der Waals surface area contributed by atoms with Crippen LogP contribution >= 0.6 is 11.6 Å². The minimum absolute atomic E-state index is 0.320. The number of nitrogens with one attached hydrogen (secondary N) is 1. The summed E-state index contributed by atoms with van der Waals surface area (Å²) in [5.41, 5.74) is 7.95. The van der Waals surface area contributed by atoms with Crippen LogP contribution < -0.4 is 11.1 Å². The first-order valence-corrected chi connectivity index (χ1v) is 6.72. The molecule has 3 aromatic rings. The molecule has 21 heavy (non-hydrogen) atoms. The molecule has 0 unspecified atom stereocenters. The van der Waals surface area contributed by atoms with E-state index in [-0.39, 0.29) is 5.91 Å². The van der Waals surface area contributed by atoms with Crippen molar-refractivity contribution in [2.24, 2.45) is 7.05 Å². The molecule has 3 N–H and O–H groups in total. The van der Waals surface area contributed by atoms with Gasteiger partial charge in [-0.25, -0.2) is 0 Å². The van der Waals surface area contributed by atoms with E-state index in [0.717, 1.165) is 10.9 Å². The minimum Gasteiger partial charge on any atom is -0.399 e. The van der Waals surface area contributed by atoms with E-state index in [9.17, 15) is 4.79 Å². The van der Waals surface area contributed by atoms with E-state index in [0.29, 0.717) is 22.1 Å². The van der Waals surface area contributed by atoms with Gasteiger partial charge in [0, 0.05) is 18.1 Å². The van der Waals surface area contributed by atoms with Crippen molar-refractivity contribution >= 4 is 39.8 Å². The predicted molar refractivity (Wildman–Crippen MR) is 84.5 cm³/mol. The second-order valence-electron chi connectivity index (χ2n) is 4.68. The first kappa shape index (κ1) is 13.5. The maximum absolute atomic E-state index is 12.4. The van der Waals surface area contributed by atoms with Crippen LogP contribution in [-0.2, 0) is 7.05 Å². The molecule has 6 heteroatoms. The summed E-state index contributed by atoms with van der Waals surface area (Å²) < 4.78 is 1.67. The number of fused-ring (bicyclic) bond motifs is 1. The summed E-state index contributed by atoms with van der Waals surface area (Å²) in [5, 5.41) is 8.23. The van der Waals surface area contributed by atoms with Gasteiger partial charge in [0.25, 0.3) is 5.91 Å². The quantitative estimate of drug-likeness (QED) is 0.714. The fourth-order valence-corrected chi connectivity index (χ4v) is 2.37. The van der Waals surface area contributed by atoms with Gasteiger partial charge in [0.1, 0.15) is 0 Å². The number of rotatable bonds is 2. The Morgan fingerprint density at radius 1 is 1.29 bits per heavy atom. The molecule has 0 bridgehead atoms. The molecule has 1 amide bonds. The molecule has 0 spiro atoms. The van der Waals surface area contributed by atoms with Crippen LogP contribution in [0.5, 0.6) is 0 Å². The molecule has 0 radical (unpaired) electrons. The highest BCUT2D eigenvalue weighted by Gasteiger charge is 2.16. The maximum atomic E-state index is 12.4. The number of aryl methyl sites for hydroxylation is 1. The number of hydrogen-bond acceptors (Lipinski definition) is 3. The molecule has 0 saturated heterocycles. The number of nitrogens with zero attached hydrogens (tertiary/aromatic N) is 2.